The Bertz CT molecular complexity index is 685. The lowest BCUT2D eigenvalue weighted by molar-refractivity contribution is 0.262. The van der Waals surface area contributed by atoms with Gasteiger partial charge in [0.25, 0.3) is 0 Å². The van der Waals surface area contributed by atoms with Gasteiger partial charge in [0.2, 0.25) is 0 Å². The molecule has 1 aliphatic rings. The van der Waals surface area contributed by atoms with Crippen molar-refractivity contribution >= 4 is 29.9 Å². The standard InChI is InChI=1S/C17H23N5O.HI/c1-22-12-13(11-20-22)5-4-9-19-17(18)21-15-8-10-23-16-7-3-2-6-14(15)16;/h2-3,6-7,11-12,15H,4-5,8-10H2,1H3,(H3,18,19,21);1H. The molecule has 0 bridgehead atoms. The van der Waals surface area contributed by atoms with E-state index in [0.717, 1.165) is 30.6 Å². The largest absolute Gasteiger partial charge is 0.493 e. The van der Waals surface area contributed by atoms with Crippen LogP contribution in [0.5, 0.6) is 5.75 Å². The van der Waals surface area contributed by atoms with E-state index in [9.17, 15) is 0 Å². The molecular weight excluding hydrogens is 417 g/mol. The van der Waals surface area contributed by atoms with E-state index in [-0.39, 0.29) is 30.0 Å². The van der Waals surface area contributed by atoms with Crippen molar-refractivity contribution in [3.63, 3.8) is 0 Å². The van der Waals surface area contributed by atoms with Gasteiger partial charge in [-0.25, -0.2) is 0 Å². The SMILES string of the molecule is Cn1cc(CCCN=C(N)NC2CCOc3ccccc32)cn1.I. The molecule has 130 valence electrons. The van der Waals surface area contributed by atoms with Crippen molar-refractivity contribution < 1.29 is 4.74 Å². The number of nitrogens with two attached hydrogens (primary N) is 1. The Labute approximate surface area is 159 Å². The van der Waals surface area contributed by atoms with Crippen LogP contribution in [0.4, 0.5) is 0 Å². The van der Waals surface area contributed by atoms with Crippen LogP contribution in [0.3, 0.4) is 0 Å². The number of para-hydroxylation sites is 1. The molecule has 2 aromatic rings. The van der Waals surface area contributed by atoms with Crippen molar-refractivity contribution in [1.82, 2.24) is 15.1 Å². The van der Waals surface area contributed by atoms with Crippen LogP contribution < -0.4 is 15.8 Å². The van der Waals surface area contributed by atoms with E-state index in [0.29, 0.717) is 19.1 Å². The Morgan fingerprint density at radius 3 is 3.08 bits per heavy atom. The predicted octanol–water partition coefficient (Wildman–Crippen LogP) is 2.40. The summed E-state index contributed by atoms with van der Waals surface area (Å²) in [5.41, 5.74) is 8.40. The number of nitrogens with zero attached hydrogens (tertiary/aromatic N) is 3. The van der Waals surface area contributed by atoms with E-state index in [4.69, 9.17) is 10.5 Å². The Kier molecular flexibility index (Phi) is 6.89. The van der Waals surface area contributed by atoms with Gasteiger partial charge in [0.15, 0.2) is 5.96 Å². The number of guanidine groups is 1. The third kappa shape index (κ3) is 4.86. The zero-order valence-electron chi connectivity index (χ0n) is 13.8. The lowest BCUT2D eigenvalue weighted by Gasteiger charge is -2.26. The van der Waals surface area contributed by atoms with Crippen LogP contribution in [0.25, 0.3) is 0 Å². The second-order valence-corrected chi connectivity index (χ2v) is 5.76. The van der Waals surface area contributed by atoms with E-state index >= 15 is 0 Å². The van der Waals surface area contributed by atoms with Gasteiger partial charge in [0, 0.05) is 31.8 Å². The molecule has 0 amide bonds. The summed E-state index contributed by atoms with van der Waals surface area (Å²) in [6.07, 6.45) is 6.74. The molecule has 3 rings (SSSR count). The summed E-state index contributed by atoms with van der Waals surface area (Å²) in [7, 11) is 1.93. The van der Waals surface area contributed by atoms with E-state index in [2.05, 4.69) is 21.5 Å². The van der Waals surface area contributed by atoms with Crippen molar-refractivity contribution in [2.45, 2.75) is 25.3 Å². The molecule has 0 saturated heterocycles. The molecule has 6 nitrogen and oxygen atoms in total. The van der Waals surface area contributed by atoms with E-state index in [1.54, 1.807) is 0 Å². The smallest absolute Gasteiger partial charge is 0.189 e. The first-order valence-electron chi connectivity index (χ1n) is 7.98. The molecule has 1 aliphatic heterocycles. The number of halogens is 1. The molecule has 7 heteroatoms. The van der Waals surface area contributed by atoms with Gasteiger partial charge < -0.3 is 15.8 Å². The fourth-order valence-electron chi connectivity index (χ4n) is 2.80. The molecule has 0 radical (unpaired) electrons. The molecule has 1 atom stereocenters. The highest BCUT2D eigenvalue weighted by Crippen LogP contribution is 2.31. The molecular formula is C17H24IN5O. The highest BCUT2D eigenvalue weighted by atomic mass is 127. The lowest BCUT2D eigenvalue weighted by atomic mass is 10.0. The quantitative estimate of drug-likeness (QED) is 0.324. The maximum absolute atomic E-state index is 6.03. The van der Waals surface area contributed by atoms with E-state index in [1.165, 1.54) is 5.56 Å². The van der Waals surface area contributed by atoms with Gasteiger partial charge in [-0.05, 0) is 24.5 Å². The van der Waals surface area contributed by atoms with Gasteiger partial charge in [-0.1, -0.05) is 18.2 Å². The number of benzene rings is 1. The zero-order chi connectivity index (χ0) is 16.1. The maximum Gasteiger partial charge on any atom is 0.189 e. The first-order chi connectivity index (χ1) is 11.2. The molecule has 1 aromatic heterocycles. The number of ether oxygens (including phenoxy) is 1. The topological polar surface area (TPSA) is 77.5 Å². The fourth-order valence-corrected chi connectivity index (χ4v) is 2.80. The molecule has 24 heavy (non-hydrogen) atoms. The highest BCUT2D eigenvalue weighted by molar-refractivity contribution is 14.0. The Morgan fingerprint density at radius 1 is 1.46 bits per heavy atom. The minimum absolute atomic E-state index is 0. The van der Waals surface area contributed by atoms with Gasteiger partial charge in [0.1, 0.15) is 5.75 Å². The van der Waals surface area contributed by atoms with Crippen LogP contribution in [0.1, 0.15) is 30.0 Å². The molecule has 0 spiro atoms. The number of hydrogen-bond acceptors (Lipinski definition) is 3. The predicted molar refractivity (Wildman–Crippen MR) is 106 cm³/mol. The number of aliphatic imine (C=N–C) groups is 1. The zero-order valence-corrected chi connectivity index (χ0v) is 16.1. The summed E-state index contributed by atoms with van der Waals surface area (Å²) in [5, 5.41) is 7.47. The minimum atomic E-state index is 0. The minimum Gasteiger partial charge on any atom is -0.493 e. The van der Waals surface area contributed by atoms with Crippen molar-refractivity contribution in [3.05, 3.63) is 47.8 Å². The Hall–Kier alpha value is -1.77. The third-order valence-corrected chi connectivity index (χ3v) is 3.94. The number of aryl methyl sites for hydroxylation is 2. The summed E-state index contributed by atoms with van der Waals surface area (Å²) >= 11 is 0. The Balaban J connectivity index is 0.00000208. The normalized spacial score (nSPS) is 16.7. The molecule has 3 N–H and O–H groups in total. The number of rotatable bonds is 5. The van der Waals surface area contributed by atoms with Gasteiger partial charge in [-0.15, -0.1) is 24.0 Å². The van der Waals surface area contributed by atoms with Gasteiger partial charge in [-0.2, -0.15) is 5.10 Å². The molecule has 1 unspecified atom stereocenters. The van der Waals surface area contributed by atoms with Crippen LogP contribution in [0, 0.1) is 0 Å². The van der Waals surface area contributed by atoms with Crippen LogP contribution in [-0.2, 0) is 13.5 Å². The van der Waals surface area contributed by atoms with Gasteiger partial charge in [0.05, 0.1) is 18.8 Å². The molecule has 0 saturated carbocycles. The lowest BCUT2D eigenvalue weighted by Crippen LogP contribution is -2.37. The summed E-state index contributed by atoms with van der Waals surface area (Å²) in [5.74, 6) is 1.43. The first kappa shape index (κ1) is 18.6. The van der Waals surface area contributed by atoms with Crippen LogP contribution >= 0.6 is 24.0 Å². The highest BCUT2D eigenvalue weighted by Gasteiger charge is 2.21. The number of nitrogens with one attached hydrogen (secondary N) is 1. The molecule has 1 aromatic carbocycles. The second kappa shape index (κ2) is 8.91. The molecule has 0 fully saturated rings. The molecule has 2 heterocycles. The van der Waals surface area contributed by atoms with Crippen LogP contribution in [0.15, 0.2) is 41.7 Å². The monoisotopic (exact) mass is 441 g/mol. The van der Waals surface area contributed by atoms with Crippen molar-refractivity contribution in [1.29, 1.82) is 0 Å². The first-order valence-corrected chi connectivity index (χ1v) is 7.98. The van der Waals surface area contributed by atoms with Crippen molar-refractivity contribution in [3.8, 4) is 5.75 Å². The number of hydrogen-bond donors (Lipinski definition) is 2. The number of aromatic nitrogens is 2. The van der Waals surface area contributed by atoms with Crippen LogP contribution in [0.2, 0.25) is 0 Å². The summed E-state index contributed by atoms with van der Waals surface area (Å²) in [6, 6.07) is 8.23. The summed E-state index contributed by atoms with van der Waals surface area (Å²) < 4.78 is 7.47. The third-order valence-electron chi connectivity index (χ3n) is 3.94. The van der Waals surface area contributed by atoms with Crippen molar-refractivity contribution in [2.75, 3.05) is 13.2 Å². The molecule has 0 aliphatic carbocycles. The number of fused-ring (bicyclic) bond motifs is 1. The van der Waals surface area contributed by atoms with E-state index in [1.807, 2.05) is 42.3 Å². The summed E-state index contributed by atoms with van der Waals surface area (Å²) in [4.78, 5) is 4.43. The van der Waals surface area contributed by atoms with E-state index < -0.39 is 0 Å². The van der Waals surface area contributed by atoms with Crippen LogP contribution in [-0.4, -0.2) is 28.9 Å². The van der Waals surface area contributed by atoms with Crippen molar-refractivity contribution in [2.24, 2.45) is 17.8 Å². The van der Waals surface area contributed by atoms with Gasteiger partial charge >= 0.3 is 0 Å². The maximum atomic E-state index is 6.03. The second-order valence-electron chi connectivity index (χ2n) is 5.76. The average Bonchev–Trinajstić information content (AvgIpc) is 2.97. The fraction of sp³-hybridized carbons (Fsp3) is 0.412. The van der Waals surface area contributed by atoms with Gasteiger partial charge in [-0.3, -0.25) is 9.67 Å². The Morgan fingerprint density at radius 2 is 2.29 bits per heavy atom. The average molecular weight is 441 g/mol. The summed E-state index contributed by atoms with van der Waals surface area (Å²) in [6.45, 7) is 1.40.